The Labute approximate surface area is 169 Å². The van der Waals surface area contributed by atoms with Crippen LogP contribution in [-0.2, 0) is 14.8 Å². The summed E-state index contributed by atoms with van der Waals surface area (Å²) in [7, 11) is -1.27. The van der Waals surface area contributed by atoms with Gasteiger partial charge in [0.2, 0.25) is 0 Å². The second-order valence-electron chi connectivity index (χ2n) is 5.84. The van der Waals surface area contributed by atoms with Crippen LogP contribution in [0.1, 0.15) is 9.67 Å². The smallest absolute Gasteiger partial charge is 0.349 e. The molecule has 0 atom stereocenters. The number of ether oxygens (including phenoxy) is 1. The number of carbonyl (C=O) groups excluding carboxylic acids is 1. The first kappa shape index (κ1) is 18.7. The molecule has 1 aromatic carbocycles. The maximum atomic E-state index is 13.2. The number of anilines is 1. The van der Waals surface area contributed by atoms with Gasteiger partial charge in [-0.25, -0.2) is 18.2 Å². The first-order chi connectivity index (χ1) is 13.4. The standard InChI is InChI=1S/C18H15N3O4S3/c1-21(28(23,24)14-6-8-26-16(14)18(22)25-2)13-5-3-4-11-10-12(20-15(11)13)17-19-7-9-27-17/h3-10,20H,1-2H3. The molecule has 0 radical (unpaired) electrons. The number of aromatic nitrogens is 2. The number of thiophene rings is 1. The Bertz CT molecular complexity index is 1260. The van der Waals surface area contributed by atoms with E-state index in [1.54, 1.807) is 23.7 Å². The van der Waals surface area contributed by atoms with E-state index in [0.29, 0.717) is 11.2 Å². The van der Waals surface area contributed by atoms with Crippen LogP contribution in [0.3, 0.4) is 0 Å². The van der Waals surface area contributed by atoms with Gasteiger partial charge in [0.15, 0.2) is 0 Å². The molecule has 0 aliphatic heterocycles. The molecule has 144 valence electrons. The summed E-state index contributed by atoms with van der Waals surface area (Å²) < 4.78 is 32.3. The number of methoxy groups -OCH3 is 1. The monoisotopic (exact) mass is 433 g/mol. The predicted octanol–water partition coefficient (Wildman–Crippen LogP) is 3.96. The number of aromatic amines is 1. The number of benzene rings is 1. The van der Waals surface area contributed by atoms with E-state index in [1.807, 2.05) is 17.5 Å². The maximum absolute atomic E-state index is 13.2. The Morgan fingerprint density at radius 3 is 2.75 bits per heavy atom. The summed E-state index contributed by atoms with van der Waals surface area (Å²) in [5, 5.41) is 5.12. The molecular formula is C18H15N3O4S3. The van der Waals surface area contributed by atoms with E-state index in [9.17, 15) is 13.2 Å². The number of hydrogen-bond acceptors (Lipinski definition) is 7. The number of carbonyl (C=O) groups is 1. The van der Waals surface area contributed by atoms with Crippen molar-refractivity contribution in [2.75, 3.05) is 18.5 Å². The van der Waals surface area contributed by atoms with Crippen molar-refractivity contribution in [2.24, 2.45) is 0 Å². The summed E-state index contributed by atoms with van der Waals surface area (Å²) in [6, 6.07) is 8.75. The average Bonchev–Trinajstić information content (AvgIpc) is 3.45. The number of para-hydroxylation sites is 1. The van der Waals surface area contributed by atoms with Crippen molar-refractivity contribution in [3.63, 3.8) is 0 Å². The molecule has 0 amide bonds. The predicted molar refractivity (Wildman–Crippen MR) is 111 cm³/mol. The summed E-state index contributed by atoms with van der Waals surface area (Å²) in [5.41, 5.74) is 1.96. The van der Waals surface area contributed by atoms with Crippen molar-refractivity contribution in [3.05, 3.63) is 52.2 Å². The van der Waals surface area contributed by atoms with E-state index in [1.165, 1.54) is 35.9 Å². The number of fused-ring (bicyclic) bond motifs is 1. The van der Waals surface area contributed by atoms with Gasteiger partial charge in [-0.2, -0.15) is 0 Å². The molecule has 7 nitrogen and oxygen atoms in total. The third-order valence-corrected chi connectivity index (χ3v) is 7.92. The van der Waals surface area contributed by atoms with E-state index >= 15 is 0 Å². The zero-order valence-corrected chi connectivity index (χ0v) is 17.3. The highest BCUT2D eigenvalue weighted by atomic mass is 32.2. The van der Waals surface area contributed by atoms with Crippen molar-refractivity contribution in [3.8, 4) is 10.7 Å². The van der Waals surface area contributed by atoms with Gasteiger partial charge < -0.3 is 9.72 Å². The Balaban J connectivity index is 1.82. The fourth-order valence-corrected chi connectivity index (χ4v) is 6.02. The topological polar surface area (TPSA) is 92.4 Å². The molecule has 0 aliphatic rings. The van der Waals surface area contributed by atoms with Crippen LogP contribution in [0.5, 0.6) is 0 Å². The summed E-state index contributed by atoms with van der Waals surface area (Å²) in [6.45, 7) is 0. The molecule has 28 heavy (non-hydrogen) atoms. The number of hydrogen-bond donors (Lipinski definition) is 1. The van der Waals surface area contributed by atoms with Crippen LogP contribution < -0.4 is 4.31 Å². The lowest BCUT2D eigenvalue weighted by molar-refractivity contribution is 0.0602. The molecule has 10 heteroatoms. The minimum Gasteiger partial charge on any atom is -0.465 e. The molecule has 4 rings (SSSR count). The fourth-order valence-electron chi connectivity index (χ4n) is 2.89. The second kappa shape index (κ2) is 7.04. The largest absolute Gasteiger partial charge is 0.465 e. The minimum absolute atomic E-state index is 0.0523. The summed E-state index contributed by atoms with van der Waals surface area (Å²) in [4.78, 5) is 19.5. The normalized spacial score (nSPS) is 11.6. The van der Waals surface area contributed by atoms with Crippen molar-refractivity contribution in [1.29, 1.82) is 0 Å². The van der Waals surface area contributed by atoms with Crippen LogP contribution in [0.4, 0.5) is 5.69 Å². The van der Waals surface area contributed by atoms with Crippen LogP contribution in [0.2, 0.25) is 0 Å². The lowest BCUT2D eigenvalue weighted by Crippen LogP contribution is -2.27. The highest BCUT2D eigenvalue weighted by Crippen LogP contribution is 2.34. The third-order valence-electron chi connectivity index (χ3n) is 4.27. The summed E-state index contributed by atoms with van der Waals surface area (Å²) in [6.07, 6.45) is 1.72. The van der Waals surface area contributed by atoms with Gasteiger partial charge in [0, 0.05) is 24.0 Å². The fraction of sp³-hybridized carbons (Fsp3) is 0.111. The van der Waals surface area contributed by atoms with Crippen molar-refractivity contribution in [2.45, 2.75) is 4.90 Å². The number of thiazole rings is 1. The van der Waals surface area contributed by atoms with E-state index in [0.717, 1.165) is 27.4 Å². The number of esters is 1. The van der Waals surface area contributed by atoms with Gasteiger partial charge in [-0.1, -0.05) is 12.1 Å². The molecule has 0 fully saturated rings. The second-order valence-corrected chi connectivity index (χ2v) is 9.59. The Hall–Kier alpha value is -2.69. The van der Waals surface area contributed by atoms with Gasteiger partial charge in [-0.15, -0.1) is 22.7 Å². The number of H-pyrrole nitrogens is 1. The summed E-state index contributed by atoms with van der Waals surface area (Å²) >= 11 is 2.53. The first-order valence-corrected chi connectivity index (χ1v) is 11.3. The SMILES string of the molecule is COC(=O)c1sccc1S(=O)(=O)N(C)c1cccc2cc(-c3nccs3)[nH]c12. The molecule has 0 spiro atoms. The molecule has 0 saturated heterocycles. The van der Waals surface area contributed by atoms with Gasteiger partial charge >= 0.3 is 5.97 Å². The van der Waals surface area contributed by atoms with Gasteiger partial charge in [0.25, 0.3) is 10.0 Å². The van der Waals surface area contributed by atoms with Gasteiger partial charge in [-0.05, 0) is 23.6 Å². The van der Waals surface area contributed by atoms with E-state index in [2.05, 4.69) is 9.97 Å². The molecule has 0 aliphatic carbocycles. The maximum Gasteiger partial charge on any atom is 0.349 e. The Morgan fingerprint density at radius 2 is 2.04 bits per heavy atom. The molecule has 3 aromatic heterocycles. The highest BCUT2D eigenvalue weighted by Gasteiger charge is 2.30. The highest BCUT2D eigenvalue weighted by molar-refractivity contribution is 7.93. The molecule has 1 N–H and O–H groups in total. The zero-order valence-electron chi connectivity index (χ0n) is 14.9. The lowest BCUT2D eigenvalue weighted by Gasteiger charge is -2.20. The lowest BCUT2D eigenvalue weighted by atomic mass is 10.2. The van der Waals surface area contributed by atoms with E-state index in [4.69, 9.17) is 4.74 Å². The van der Waals surface area contributed by atoms with Crippen LogP contribution >= 0.6 is 22.7 Å². The summed E-state index contributed by atoms with van der Waals surface area (Å²) in [5.74, 6) is -0.675. The van der Waals surface area contributed by atoms with Crippen LogP contribution in [0.15, 0.2) is 52.2 Å². The number of nitrogens with zero attached hydrogens (tertiary/aromatic N) is 2. The quantitative estimate of drug-likeness (QED) is 0.481. The molecule has 4 aromatic rings. The number of sulfonamides is 1. The van der Waals surface area contributed by atoms with E-state index in [-0.39, 0.29) is 9.77 Å². The minimum atomic E-state index is -3.96. The molecule has 0 saturated carbocycles. The number of nitrogens with one attached hydrogen (secondary N) is 1. The van der Waals surface area contributed by atoms with Crippen LogP contribution in [-0.4, -0.2) is 38.5 Å². The van der Waals surface area contributed by atoms with E-state index < -0.39 is 16.0 Å². The number of rotatable bonds is 5. The van der Waals surface area contributed by atoms with Crippen LogP contribution in [0.25, 0.3) is 21.6 Å². The molecule has 3 heterocycles. The molecule has 0 bridgehead atoms. The third kappa shape index (κ3) is 2.99. The zero-order chi connectivity index (χ0) is 19.9. The first-order valence-electron chi connectivity index (χ1n) is 8.10. The van der Waals surface area contributed by atoms with Gasteiger partial charge in [-0.3, -0.25) is 4.31 Å². The van der Waals surface area contributed by atoms with Crippen molar-refractivity contribution >= 4 is 55.3 Å². The Morgan fingerprint density at radius 1 is 1.21 bits per heavy atom. The van der Waals surface area contributed by atoms with Gasteiger partial charge in [0.1, 0.15) is 14.8 Å². The van der Waals surface area contributed by atoms with Crippen LogP contribution in [0, 0.1) is 0 Å². The molecular weight excluding hydrogens is 418 g/mol. The van der Waals surface area contributed by atoms with Crippen molar-refractivity contribution < 1.29 is 17.9 Å². The molecule has 0 unspecified atom stereocenters. The average molecular weight is 434 g/mol. The van der Waals surface area contributed by atoms with Crippen molar-refractivity contribution in [1.82, 2.24) is 9.97 Å². The van der Waals surface area contributed by atoms with Gasteiger partial charge in [0.05, 0.1) is 24.0 Å². The Kier molecular flexibility index (Phi) is 4.69.